The monoisotopic (exact) mass is 151 g/mol. The van der Waals surface area contributed by atoms with Gasteiger partial charge in [0.25, 0.3) is 0 Å². The molecule has 0 aromatic rings. The van der Waals surface area contributed by atoms with Gasteiger partial charge in [0.2, 0.25) is 0 Å². The van der Waals surface area contributed by atoms with Gasteiger partial charge < -0.3 is 13.8 Å². The van der Waals surface area contributed by atoms with E-state index in [1.54, 1.807) is 0 Å². The standard InChI is InChI=1S/C3H4O5S/c4-3(5)1-2-8-9(6)7/h1-2H,(H,4,5)(H,6,7)/p-1. The van der Waals surface area contributed by atoms with Gasteiger partial charge in [-0.25, -0.2) is 9.00 Å². The second-order valence-electron chi connectivity index (χ2n) is 0.941. The molecule has 0 rings (SSSR count). The fourth-order valence-electron chi connectivity index (χ4n) is 0.131. The largest absolute Gasteiger partial charge is 0.740 e. The molecule has 0 amide bonds. The highest BCUT2D eigenvalue weighted by Crippen LogP contribution is 1.79. The van der Waals surface area contributed by atoms with E-state index in [0.717, 1.165) is 0 Å². The van der Waals surface area contributed by atoms with Crippen LogP contribution in [0.4, 0.5) is 0 Å². The van der Waals surface area contributed by atoms with Crippen molar-refractivity contribution in [1.82, 2.24) is 0 Å². The number of hydrogen-bond acceptors (Lipinski definition) is 4. The third-order valence-corrected chi connectivity index (χ3v) is 0.613. The van der Waals surface area contributed by atoms with E-state index < -0.39 is 17.3 Å². The lowest BCUT2D eigenvalue weighted by Crippen LogP contribution is -1.90. The summed E-state index contributed by atoms with van der Waals surface area (Å²) in [5, 5.41) is 7.86. The maximum atomic E-state index is 9.61. The summed E-state index contributed by atoms with van der Waals surface area (Å²) in [5.74, 6) is -1.26. The molecule has 0 saturated heterocycles. The lowest BCUT2D eigenvalue weighted by atomic mass is 10.7. The van der Waals surface area contributed by atoms with Crippen LogP contribution < -0.4 is 0 Å². The molecule has 1 N–H and O–H groups in total. The van der Waals surface area contributed by atoms with Crippen molar-refractivity contribution in [2.24, 2.45) is 0 Å². The van der Waals surface area contributed by atoms with E-state index in [0.29, 0.717) is 12.3 Å². The van der Waals surface area contributed by atoms with E-state index in [2.05, 4.69) is 4.18 Å². The number of rotatable bonds is 3. The van der Waals surface area contributed by atoms with Crippen molar-refractivity contribution in [2.75, 3.05) is 0 Å². The Bertz CT molecular complexity index is 150. The highest BCUT2D eigenvalue weighted by molar-refractivity contribution is 7.74. The summed E-state index contributed by atoms with van der Waals surface area (Å²) >= 11 is -2.68. The van der Waals surface area contributed by atoms with Gasteiger partial charge in [0, 0.05) is 0 Å². The number of carboxylic acids is 1. The highest BCUT2D eigenvalue weighted by atomic mass is 32.2. The van der Waals surface area contributed by atoms with Crippen molar-refractivity contribution in [3.63, 3.8) is 0 Å². The summed E-state index contributed by atoms with van der Waals surface area (Å²) in [4.78, 5) is 9.61. The van der Waals surface area contributed by atoms with Gasteiger partial charge in [-0.3, -0.25) is 0 Å². The summed E-state index contributed by atoms with van der Waals surface area (Å²) in [6, 6.07) is 0. The van der Waals surface area contributed by atoms with Crippen LogP contribution in [0.3, 0.4) is 0 Å². The number of carboxylic acid groups (broad SMARTS) is 1. The average molecular weight is 151 g/mol. The summed E-state index contributed by atoms with van der Waals surface area (Å²) in [5.41, 5.74) is 0. The fraction of sp³-hybridized carbons (Fsp3) is 0. The van der Waals surface area contributed by atoms with Gasteiger partial charge in [0.05, 0.1) is 6.08 Å². The second kappa shape index (κ2) is 4.04. The average Bonchev–Trinajstić information content (AvgIpc) is 1.63. The molecule has 52 valence electrons. The first-order chi connectivity index (χ1) is 4.13. The third kappa shape index (κ3) is 7.12. The lowest BCUT2D eigenvalue weighted by Gasteiger charge is -1.98. The van der Waals surface area contributed by atoms with Gasteiger partial charge in [-0.15, -0.1) is 0 Å². The van der Waals surface area contributed by atoms with Crippen LogP contribution >= 0.6 is 0 Å². The van der Waals surface area contributed by atoms with E-state index in [9.17, 15) is 13.6 Å². The van der Waals surface area contributed by atoms with Crippen LogP contribution in [0.15, 0.2) is 12.3 Å². The van der Waals surface area contributed by atoms with Gasteiger partial charge in [-0.1, -0.05) is 0 Å². The normalized spacial score (nSPS) is 13.4. The number of hydrogen-bond donors (Lipinski definition) is 1. The van der Waals surface area contributed by atoms with E-state index in [4.69, 9.17) is 5.11 Å². The molecule has 0 heterocycles. The molecule has 0 aromatic heterocycles. The van der Waals surface area contributed by atoms with Gasteiger partial charge >= 0.3 is 5.97 Å². The minimum Gasteiger partial charge on any atom is -0.740 e. The number of carbonyl (C=O) groups is 1. The summed E-state index contributed by atoms with van der Waals surface area (Å²) in [7, 11) is 0. The Hall–Kier alpha value is -0.880. The molecular formula is C3H3O5S-. The summed E-state index contributed by atoms with van der Waals surface area (Å²) in [6.07, 6.45) is 1.13. The second-order valence-corrected chi connectivity index (χ2v) is 1.54. The maximum absolute atomic E-state index is 9.61. The molecule has 1 unspecified atom stereocenters. The Balaban J connectivity index is 3.48. The molecule has 0 aliphatic heterocycles. The zero-order valence-electron chi connectivity index (χ0n) is 4.14. The number of aliphatic carboxylic acids is 1. The quantitative estimate of drug-likeness (QED) is 0.330. The SMILES string of the molecule is O=C(O)C=COS(=O)[O-]. The van der Waals surface area contributed by atoms with E-state index >= 15 is 0 Å². The molecule has 0 saturated carbocycles. The molecule has 0 spiro atoms. The van der Waals surface area contributed by atoms with Crippen molar-refractivity contribution in [3.8, 4) is 0 Å². The van der Waals surface area contributed by atoms with E-state index in [-0.39, 0.29) is 0 Å². The molecule has 5 nitrogen and oxygen atoms in total. The summed E-state index contributed by atoms with van der Waals surface area (Å²) in [6.45, 7) is 0. The van der Waals surface area contributed by atoms with Crippen molar-refractivity contribution in [3.05, 3.63) is 12.3 Å². The van der Waals surface area contributed by atoms with Crippen molar-refractivity contribution in [2.45, 2.75) is 0 Å². The smallest absolute Gasteiger partial charge is 0.331 e. The minimum atomic E-state index is -2.68. The van der Waals surface area contributed by atoms with Crippen LogP contribution in [-0.4, -0.2) is 19.8 Å². The third-order valence-electron chi connectivity index (χ3n) is 0.345. The highest BCUT2D eigenvalue weighted by Gasteiger charge is 1.83. The van der Waals surface area contributed by atoms with E-state index in [1.807, 2.05) is 0 Å². The molecule has 0 aromatic carbocycles. The molecular weight excluding hydrogens is 148 g/mol. The van der Waals surface area contributed by atoms with Crippen LogP contribution in [0.1, 0.15) is 0 Å². The van der Waals surface area contributed by atoms with Crippen molar-refractivity contribution in [1.29, 1.82) is 0 Å². The van der Waals surface area contributed by atoms with Crippen LogP contribution in [0.2, 0.25) is 0 Å². The predicted molar refractivity (Wildman–Crippen MR) is 26.8 cm³/mol. The van der Waals surface area contributed by atoms with Crippen LogP contribution in [0.5, 0.6) is 0 Å². The zero-order valence-corrected chi connectivity index (χ0v) is 4.96. The van der Waals surface area contributed by atoms with Crippen molar-refractivity contribution < 1.29 is 22.8 Å². The molecule has 1 atom stereocenters. The minimum absolute atomic E-state index is 0.561. The Kier molecular flexibility index (Phi) is 3.65. The molecule has 0 aliphatic rings. The van der Waals surface area contributed by atoms with Gasteiger partial charge in [-0.2, -0.15) is 0 Å². The van der Waals surface area contributed by atoms with Crippen LogP contribution in [0.25, 0.3) is 0 Å². The van der Waals surface area contributed by atoms with Crippen molar-refractivity contribution >= 4 is 17.3 Å². The molecule has 0 fully saturated rings. The lowest BCUT2D eigenvalue weighted by molar-refractivity contribution is -0.131. The first-order valence-electron chi connectivity index (χ1n) is 1.79. The van der Waals surface area contributed by atoms with Gasteiger partial charge in [0.15, 0.2) is 0 Å². The molecule has 0 bridgehead atoms. The first-order valence-corrected chi connectivity index (χ1v) is 2.79. The fourth-order valence-corrected chi connectivity index (χ4v) is 0.278. The molecule has 0 aliphatic carbocycles. The molecule has 9 heavy (non-hydrogen) atoms. The topological polar surface area (TPSA) is 86.7 Å². The Morgan fingerprint density at radius 2 is 2.33 bits per heavy atom. The van der Waals surface area contributed by atoms with Gasteiger partial charge in [0.1, 0.15) is 17.6 Å². The molecule has 6 heteroatoms. The Morgan fingerprint density at radius 1 is 1.78 bits per heavy atom. The van der Waals surface area contributed by atoms with Gasteiger partial charge in [-0.05, 0) is 0 Å². The maximum Gasteiger partial charge on any atom is 0.331 e. The molecule has 0 radical (unpaired) electrons. The Morgan fingerprint density at radius 3 is 2.67 bits per heavy atom. The summed E-state index contributed by atoms with van der Waals surface area (Å²) < 4.78 is 22.7. The zero-order chi connectivity index (χ0) is 7.28. The van der Waals surface area contributed by atoms with Crippen LogP contribution in [0, 0.1) is 0 Å². The first kappa shape index (κ1) is 8.12. The van der Waals surface area contributed by atoms with E-state index in [1.165, 1.54) is 0 Å². The Labute approximate surface area is 53.4 Å². The van der Waals surface area contributed by atoms with Crippen LogP contribution in [-0.2, 0) is 20.3 Å². The predicted octanol–water partition coefficient (Wildman–Crippen LogP) is -0.605.